The normalized spacial score (nSPS) is 11.1. The zero-order valence-corrected chi connectivity index (χ0v) is 20.1. The smallest absolute Gasteiger partial charge is 0.279 e. The Morgan fingerprint density at radius 3 is 2.49 bits per heavy atom. The van der Waals surface area contributed by atoms with Crippen molar-refractivity contribution in [1.29, 1.82) is 0 Å². The molecule has 0 aliphatic rings. The summed E-state index contributed by atoms with van der Waals surface area (Å²) in [5.41, 5.74) is 1.74. The van der Waals surface area contributed by atoms with Gasteiger partial charge in [0.25, 0.3) is 11.5 Å². The van der Waals surface area contributed by atoms with Crippen LogP contribution in [0.5, 0.6) is 5.75 Å². The fourth-order valence-electron chi connectivity index (χ4n) is 4.05. The van der Waals surface area contributed by atoms with Crippen molar-refractivity contribution in [2.75, 3.05) is 26.7 Å². The van der Waals surface area contributed by atoms with Crippen LogP contribution in [0.3, 0.4) is 0 Å². The number of nitrogens with zero attached hydrogens (tertiary/aromatic N) is 3. The number of aromatic nitrogens is 2. The third kappa shape index (κ3) is 5.75. The minimum absolute atomic E-state index is 0.222. The van der Waals surface area contributed by atoms with Gasteiger partial charge in [0.1, 0.15) is 5.75 Å². The number of benzene rings is 3. The van der Waals surface area contributed by atoms with Gasteiger partial charge < -0.3 is 10.1 Å². The van der Waals surface area contributed by atoms with Gasteiger partial charge in [-0.05, 0) is 36.7 Å². The summed E-state index contributed by atoms with van der Waals surface area (Å²) < 4.78 is 6.55. The Morgan fingerprint density at radius 1 is 1.00 bits per heavy atom. The standard InChI is InChI=1S/C28H30N4O3/c1-3-31(20-21-11-5-4-6-12-21)18-10-17-29-27(33)26-24-15-7-8-16-25(24)28(34)32(30-26)22-13-9-14-23(19-22)35-2/h4-9,11-16,19H,3,10,17-18,20H2,1-2H3,(H,29,33). The van der Waals surface area contributed by atoms with Crippen LogP contribution < -0.4 is 15.6 Å². The number of rotatable bonds is 10. The van der Waals surface area contributed by atoms with Crippen molar-refractivity contribution in [2.45, 2.75) is 19.9 Å². The fourth-order valence-corrected chi connectivity index (χ4v) is 4.05. The maximum Gasteiger partial charge on any atom is 0.279 e. The molecule has 35 heavy (non-hydrogen) atoms. The van der Waals surface area contributed by atoms with Gasteiger partial charge in [0.15, 0.2) is 5.69 Å². The highest BCUT2D eigenvalue weighted by atomic mass is 16.5. The van der Waals surface area contributed by atoms with Crippen LogP contribution >= 0.6 is 0 Å². The lowest BCUT2D eigenvalue weighted by molar-refractivity contribution is 0.0946. The van der Waals surface area contributed by atoms with E-state index in [0.717, 1.165) is 26.1 Å². The second-order valence-electron chi connectivity index (χ2n) is 8.28. The van der Waals surface area contributed by atoms with Crippen LogP contribution in [0.25, 0.3) is 16.5 Å². The summed E-state index contributed by atoms with van der Waals surface area (Å²) in [7, 11) is 1.56. The molecule has 0 saturated carbocycles. The molecule has 1 aromatic heterocycles. The molecule has 1 N–H and O–H groups in total. The zero-order chi connectivity index (χ0) is 24.6. The molecule has 3 aromatic carbocycles. The molecule has 0 aliphatic heterocycles. The topological polar surface area (TPSA) is 76.5 Å². The van der Waals surface area contributed by atoms with E-state index >= 15 is 0 Å². The van der Waals surface area contributed by atoms with Crippen molar-refractivity contribution in [2.24, 2.45) is 0 Å². The number of hydrogen-bond donors (Lipinski definition) is 1. The summed E-state index contributed by atoms with van der Waals surface area (Å²) in [6.07, 6.45) is 0.805. The van der Waals surface area contributed by atoms with Gasteiger partial charge in [-0.3, -0.25) is 14.5 Å². The molecule has 0 spiro atoms. The number of amides is 1. The summed E-state index contributed by atoms with van der Waals surface area (Å²) in [6.45, 7) is 5.32. The molecule has 0 atom stereocenters. The van der Waals surface area contributed by atoms with E-state index in [1.165, 1.54) is 10.2 Å². The molecule has 0 radical (unpaired) electrons. The predicted molar refractivity (Wildman–Crippen MR) is 138 cm³/mol. The van der Waals surface area contributed by atoms with Crippen LogP contribution in [0.1, 0.15) is 29.4 Å². The van der Waals surface area contributed by atoms with Crippen molar-refractivity contribution in [1.82, 2.24) is 20.0 Å². The number of carbonyl (C=O) groups is 1. The van der Waals surface area contributed by atoms with E-state index in [9.17, 15) is 9.59 Å². The average molecular weight is 471 g/mol. The van der Waals surface area contributed by atoms with Crippen molar-refractivity contribution >= 4 is 16.7 Å². The van der Waals surface area contributed by atoms with Crippen molar-refractivity contribution in [3.63, 3.8) is 0 Å². The highest BCUT2D eigenvalue weighted by molar-refractivity contribution is 6.04. The first-order chi connectivity index (χ1) is 17.1. The van der Waals surface area contributed by atoms with Gasteiger partial charge in [-0.15, -0.1) is 0 Å². The van der Waals surface area contributed by atoms with E-state index in [1.54, 1.807) is 55.6 Å². The van der Waals surface area contributed by atoms with E-state index in [1.807, 2.05) is 18.2 Å². The van der Waals surface area contributed by atoms with Crippen LogP contribution in [0.2, 0.25) is 0 Å². The van der Waals surface area contributed by atoms with Crippen molar-refractivity contribution in [3.05, 3.63) is 100 Å². The summed E-state index contributed by atoms with van der Waals surface area (Å²) in [4.78, 5) is 28.6. The first kappa shape index (κ1) is 24.2. The Bertz CT molecular complexity index is 1350. The van der Waals surface area contributed by atoms with Crippen LogP contribution in [0.4, 0.5) is 0 Å². The lowest BCUT2D eigenvalue weighted by atomic mass is 10.1. The summed E-state index contributed by atoms with van der Waals surface area (Å²) in [5, 5.41) is 8.42. The zero-order valence-electron chi connectivity index (χ0n) is 20.1. The van der Waals surface area contributed by atoms with Crippen LogP contribution in [-0.4, -0.2) is 47.3 Å². The van der Waals surface area contributed by atoms with E-state index in [2.05, 4.69) is 34.4 Å². The number of carbonyl (C=O) groups excluding carboxylic acids is 1. The van der Waals surface area contributed by atoms with Gasteiger partial charge in [-0.2, -0.15) is 9.78 Å². The van der Waals surface area contributed by atoms with Gasteiger partial charge >= 0.3 is 0 Å². The minimum atomic E-state index is -0.302. The Kier molecular flexibility index (Phi) is 7.90. The molecule has 0 unspecified atom stereocenters. The molecule has 7 heteroatoms. The lowest BCUT2D eigenvalue weighted by Gasteiger charge is -2.20. The Labute approximate surface area is 205 Å². The Balaban J connectivity index is 1.50. The molecular formula is C28H30N4O3. The van der Waals surface area contributed by atoms with Gasteiger partial charge in [-0.25, -0.2) is 0 Å². The summed E-state index contributed by atoms with van der Waals surface area (Å²) >= 11 is 0. The number of ether oxygens (including phenoxy) is 1. The maximum atomic E-state index is 13.2. The predicted octanol–water partition coefficient (Wildman–Crippen LogP) is 4.04. The monoisotopic (exact) mass is 470 g/mol. The van der Waals surface area contributed by atoms with Gasteiger partial charge in [0.05, 0.1) is 18.2 Å². The van der Waals surface area contributed by atoms with Gasteiger partial charge in [0.2, 0.25) is 0 Å². The summed E-state index contributed by atoms with van der Waals surface area (Å²) in [6, 6.07) is 24.5. The first-order valence-electron chi connectivity index (χ1n) is 11.8. The first-order valence-corrected chi connectivity index (χ1v) is 11.8. The maximum absolute atomic E-state index is 13.2. The van der Waals surface area contributed by atoms with Gasteiger partial charge in [-0.1, -0.05) is 61.5 Å². The second-order valence-corrected chi connectivity index (χ2v) is 8.28. The molecule has 0 fully saturated rings. The number of methoxy groups -OCH3 is 1. The molecular weight excluding hydrogens is 440 g/mol. The number of nitrogens with one attached hydrogen (secondary N) is 1. The molecule has 1 heterocycles. The Morgan fingerprint density at radius 2 is 1.74 bits per heavy atom. The van der Waals surface area contributed by atoms with Crippen LogP contribution in [0, 0.1) is 0 Å². The van der Waals surface area contributed by atoms with Gasteiger partial charge in [0, 0.05) is 31.1 Å². The Hall–Kier alpha value is -3.97. The molecule has 180 valence electrons. The second kappa shape index (κ2) is 11.4. The molecule has 1 amide bonds. The molecule has 4 aromatic rings. The molecule has 7 nitrogen and oxygen atoms in total. The lowest BCUT2D eigenvalue weighted by Crippen LogP contribution is -2.32. The average Bonchev–Trinajstić information content (AvgIpc) is 2.91. The molecule has 0 aliphatic carbocycles. The highest BCUT2D eigenvalue weighted by Gasteiger charge is 2.17. The molecule has 4 rings (SSSR count). The van der Waals surface area contributed by atoms with Crippen molar-refractivity contribution < 1.29 is 9.53 Å². The van der Waals surface area contributed by atoms with Crippen molar-refractivity contribution in [3.8, 4) is 11.4 Å². The van der Waals surface area contributed by atoms with E-state index < -0.39 is 0 Å². The van der Waals surface area contributed by atoms with E-state index in [0.29, 0.717) is 28.8 Å². The van der Waals surface area contributed by atoms with Crippen LogP contribution in [0.15, 0.2) is 83.7 Å². The van der Waals surface area contributed by atoms with E-state index in [4.69, 9.17) is 4.74 Å². The number of fused-ring (bicyclic) bond motifs is 1. The summed E-state index contributed by atoms with van der Waals surface area (Å²) in [5.74, 6) is 0.301. The number of hydrogen-bond acceptors (Lipinski definition) is 5. The fraction of sp³-hybridized carbons (Fsp3) is 0.250. The minimum Gasteiger partial charge on any atom is -0.497 e. The molecule has 0 saturated heterocycles. The molecule has 0 bridgehead atoms. The highest BCUT2D eigenvalue weighted by Crippen LogP contribution is 2.18. The SMILES string of the molecule is CCN(CCCNC(=O)c1nn(-c2cccc(OC)c2)c(=O)c2ccccc12)Cc1ccccc1. The third-order valence-corrected chi connectivity index (χ3v) is 5.95. The van der Waals surface area contributed by atoms with Crippen LogP contribution in [-0.2, 0) is 6.54 Å². The quantitative estimate of drug-likeness (QED) is 0.354. The third-order valence-electron chi connectivity index (χ3n) is 5.95. The van der Waals surface area contributed by atoms with E-state index in [-0.39, 0.29) is 17.2 Å². The largest absolute Gasteiger partial charge is 0.497 e.